The maximum atomic E-state index is 12.8. The first-order valence-corrected chi connectivity index (χ1v) is 13.8. The third-order valence-corrected chi connectivity index (χ3v) is 6.41. The first-order valence-electron chi connectivity index (χ1n) is 13.8. The molecule has 4 unspecified atom stereocenters. The summed E-state index contributed by atoms with van der Waals surface area (Å²) in [5.74, 6) is -0.434. The van der Waals surface area contributed by atoms with Crippen molar-refractivity contribution in [2.24, 2.45) is 11.8 Å². The van der Waals surface area contributed by atoms with Crippen LogP contribution < -0.4 is 5.32 Å². The molecule has 1 aliphatic rings. The number of carbonyl (C=O) groups excluding carboxylic acids is 3. The second-order valence-electron chi connectivity index (χ2n) is 10.1. The molecule has 0 aromatic rings. The SMILES string of the molecule is CCCCC/C=C/C/C=C/CC(CC1OC(=O)C1CCCCCC)OC(=O)C(CC(C)C)NC=O. The lowest BCUT2D eigenvalue weighted by atomic mass is 9.87. The first kappa shape index (κ1) is 30.9. The van der Waals surface area contributed by atoms with Crippen molar-refractivity contribution in [2.75, 3.05) is 0 Å². The van der Waals surface area contributed by atoms with Crippen LogP contribution in [0.4, 0.5) is 0 Å². The van der Waals surface area contributed by atoms with E-state index < -0.39 is 18.1 Å². The fraction of sp³-hybridized carbons (Fsp3) is 0.759. The van der Waals surface area contributed by atoms with E-state index in [0.717, 1.165) is 38.5 Å². The second kappa shape index (κ2) is 19.1. The lowest BCUT2D eigenvalue weighted by Crippen LogP contribution is -2.48. The van der Waals surface area contributed by atoms with Crippen molar-refractivity contribution in [3.05, 3.63) is 24.3 Å². The summed E-state index contributed by atoms with van der Waals surface area (Å²) in [6, 6.07) is -0.668. The lowest BCUT2D eigenvalue weighted by Gasteiger charge is -2.37. The van der Waals surface area contributed by atoms with Gasteiger partial charge in [-0.25, -0.2) is 4.79 Å². The smallest absolute Gasteiger partial charge is 0.328 e. The maximum absolute atomic E-state index is 12.8. The van der Waals surface area contributed by atoms with E-state index in [1.807, 2.05) is 19.9 Å². The Bertz CT molecular complexity index is 657. The Balaban J connectivity index is 2.70. The van der Waals surface area contributed by atoms with Crippen LogP contribution in [0.5, 0.6) is 0 Å². The number of unbranched alkanes of at least 4 members (excludes halogenated alkanes) is 6. The van der Waals surface area contributed by atoms with E-state index in [-0.39, 0.29) is 23.9 Å². The molecule has 1 N–H and O–H groups in total. The van der Waals surface area contributed by atoms with Gasteiger partial charge in [-0.15, -0.1) is 0 Å². The molecule has 0 aliphatic carbocycles. The summed E-state index contributed by atoms with van der Waals surface area (Å²) in [4.78, 5) is 35.9. The van der Waals surface area contributed by atoms with Crippen LogP contribution in [0.2, 0.25) is 0 Å². The summed E-state index contributed by atoms with van der Waals surface area (Å²) in [5.41, 5.74) is 0. The predicted octanol–water partition coefficient (Wildman–Crippen LogP) is 6.43. The molecule has 1 amide bonds. The van der Waals surface area contributed by atoms with Crippen LogP contribution in [-0.4, -0.2) is 36.6 Å². The van der Waals surface area contributed by atoms with Crippen LogP contribution in [0.1, 0.15) is 111 Å². The van der Waals surface area contributed by atoms with Crippen LogP contribution in [0.25, 0.3) is 0 Å². The summed E-state index contributed by atoms with van der Waals surface area (Å²) in [6.45, 7) is 8.37. The van der Waals surface area contributed by atoms with E-state index in [9.17, 15) is 14.4 Å². The van der Waals surface area contributed by atoms with E-state index in [0.29, 0.717) is 25.7 Å². The van der Waals surface area contributed by atoms with Crippen LogP contribution in [0, 0.1) is 11.8 Å². The minimum atomic E-state index is -0.668. The van der Waals surface area contributed by atoms with Gasteiger partial charge in [-0.1, -0.05) is 90.5 Å². The van der Waals surface area contributed by atoms with Gasteiger partial charge in [-0.05, 0) is 38.0 Å². The fourth-order valence-corrected chi connectivity index (χ4v) is 4.34. The zero-order valence-electron chi connectivity index (χ0n) is 22.5. The Morgan fingerprint density at radius 2 is 1.74 bits per heavy atom. The largest absolute Gasteiger partial charge is 0.461 e. The summed E-state index contributed by atoms with van der Waals surface area (Å²) >= 11 is 0. The number of hydrogen-bond donors (Lipinski definition) is 1. The van der Waals surface area contributed by atoms with Crippen LogP contribution >= 0.6 is 0 Å². The van der Waals surface area contributed by atoms with Crippen molar-refractivity contribution < 1.29 is 23.9 Å². The summed E-state index contributed by atoms with van der Waals surface area (Å²) < 4.78 is 11.3. The topological polar surface area (TPSA) is 81.7 Å². The number of rotatable bonds is 21. The van der Waals surface area contributed by atoms with Gasteiger partial charge in [0.25, 0.3) is 0 Å². The third-order valence-electron chi connectivity index (χ3n) is 6.41. The number of esters is 2. The molecule has 1 rings (SSSR count). The molecule has 0 saturated carbocycles. The number of allylic oxidation sites excluding steroid dienone is 3. The molecule has 6 nitrogen and oxygen atoms in total. The Kier molecular flexibility index (Phi) is 16.9. The van der Waals surface area contributed by atoms with Crippen LogP contribution in [0.15, 0.2) is 24.3 Å². The van der Waals surface area contributed by atoms with Crippen molar-refractivity contribution in [3.8, 4) is 0 Å². The van der Waals surface area contributed by atoms with Gasteiger partial charge in [0.2, 0.25) is 6.41 Å². The number of ether oxygens (including phenoxy) is 2. The summed E-state index contributed by atoms with van der Waals surface area (Å²) in [5, 5.41) is 2.59. The molecule has 35 heavy (non-hydrogen) atoms. The quantitative estimate of drug-likeness (QED) is 0.0865. The molecule has 1 saturated heterocycles. The van der Waals surface area contributed by atoms with Crippen molar-refractivity contribution in [1.29, 1.82) is 0 Å². The van der Waals surface area contributed by atoms with Gasteiger partial charge in [-0.3, -0.25) is 9.59 Å². The number of cyclic esters (lactones) is 1. The minimum absolute atomic E-state index is 0.109. The summed E-state index contributed by atoms with van der Waals surface area (Å²) in [7, 11) is 0. The molecule has 1 fully saturated rings. The van der Waals surface area contributed by atoms with Crippen LogP contribution in [0.3, 0.4) is 0 Å². The number of carbonyl (C=O) groups is 3. The van der Waals surface area contributed by atoms with Gasteiger partial charge in [0.15, 0.2) is 0 Å². The van der Waals surface area contributed by atoms with Gasteiger partial charge < -0.3 is 14.8 Å². The van der Waals surface area contributed by atoms with E-state index >= 15 is 0 Å². The van der Waals surface area contributed by atoms with Gasteiger partial charge in [-0.2, -0.15) is 0 Å². The van der Waals surface area contributed by atoms with Crippen molar-refractivity contribution >= 4 is 18.3 Å². The monoisotopic (exact) mass is 491 g/mol. The maximum Gasteiger partial charge on any atom is 0.328 e. The molecular weight excluding hydrogens is 442 g/mol. The van der Waals surface area contributed by atoms with Crippen molar-refractivity contribution in [2.45, 2.75) is 129 Å². The Morgan fingerprint density at radius 1 is 1.03 bits per heavy atom. The molecule has 0 radical (unpaired) electrons. The lowest BCUT2D eigenvalue weighted by molar-refractivity contribution is -0.190. The van der Waals surface area contributed by atoms with Crippen LogP contribution in [-0.2, 0) is 23.9 Å². The molecule has 0 aromatic carbocycles. The average Bonchev–Trinajstić information content (AvgIpc) is 2.81. The highest BCUT2D eigenvalue weighted by Crippen LogP contribution is 2.32. The highest BCUT2D eigenvalue weighted by atomic mass is 16.6. The van der Waals surface area contributed by atoms with E-state index in [4.69, 9.17) is 9.47 Å². The van der Waals surface area contributed by atoms with Crippen molar-refractivity contribution in [1.82, 2.24) is 5.32 Å². The highest BCUT2D eigenvalue weighted by molar-refractivity contribution is 5.79. The normalized spacial score (nSPS) is 19.5. The molecule has 6 heteroatoms. The van der Waals surface area contributed by atoms with Gasteiger partial charge >= 0.3 is 11.9 Å². The minimum Gasteiger partial charge on any atom is -0.461 e. The van der Waals surface area contributed by atoms with E-state index in [1.54, 1.807) is 0 Å². The van der Waals surface area contributed by atoms with Crippen molar-refractivity contribution in [3.63, 3.8) is 0 Å². The molecular formula is C29H49NO5. The molecule has 0 spiro atoms. The zero-order valence-corrected chi connectivity index (χ0v) is 22.5. The molecule has 4 atom stereocenters. The molecule has 0 bridgehead atoms. The second-order valence-corrected chi connectivity index (χ2v) is 10.1. The molecule has 1 aliphatic heterocycles. The Morgan fingerprint density at radius 3 is 2.40 bits per heavy atom. The highest BCUT2D eigenvalue weighted by Gasteiger charge is 2.43. The Labute approximate surface area is 213 Å². The standard InChI is InChI=1S/C29H49NO5/c1-5-7-9-11-12-13-14-15-16-18-24(34-29(33)26(30-22-31)20-23(3)4)21-27-25(28(32)35-27)19-17-10-8-6-2/h12-13,15-16,22-27H,5-11,14,17-21H2,1-4H3,(H,30,31)/b13-12+,16-15+. The molecule has 200 valence electrons. The third kappa shape index (κ3) is 13.5. The van der Waals surface area contributed by atoms with Gasteiger partial charge in [0.05, 0.1) is 5.92 Å². The summed E-state index contributed by atoms with van der Waals surface area (Å²) in [6.07, 6.45) is 21.0. The first-order chi connectivity index (χ1) is 16.9. The van der Waals surface area contributed by atoms with Gasteiger partial charge in [0.1, 0.15) is 18.2 Å². The number of hydrogen-bond acceptors (Lipinski definition) is 5. The van der Waals surface area contributed by atoms with E-state index in [1.165, 1.54) is 25.7 Å². The number of nitrogens with one attached hydrogen (secondary N) is 1. The number of amides is 1. The predicted molar refractivity (Wildman–Crippen MR) is 141 cm³/mol. The zero-order chi connectivity index (χ0) is 25.9. The Hall–Kier alpha value is -2.11. The molecule has 1 heterocycles. The fourth-order valence-electron chi connectivity index (χ4n) is 4.34. The van der Waals surface area contributed by atoms with E-state index in [2.05, 4.69) is 37.4 Å². The average molecular weight is 492 g/mol. The molecule has 0 aromatic heterocycles. The van der Waals surface area contributed by atoms with Gasteiger partial charge in [0, 0.05) is 12.8 Å².